The third kappa shape index (κ3) is 6.51. The Balaban J connectivity index is 1.56. The van der Waals surface area contributed by atoms with Crippen LogP contribution in [0.25, 0.3) is 0 Å². The zero-order valence-electron chi connectivity index (χ0n) is 16.7. The number of ketones is 1. The van der Waals surface area contributed by atoms with Crippen LogP contribution in [-0.4, -0.2) is 16.7 Å². The third-order valence-corrected chi connectivity index (χ3v) is 4.35. The highest BCUT2D eigenvalue weighted by Gasteiger charge is 2.07. The van der Waals surface area contributed by atoms with E-state index in [1.807, 2.05) is 19.1 Å². The van der Waals surface area contributed by atoms with Gasteiger partial charge in [-0.2, -0.15) is 0 Å². The molecule has 2 aromatic carbocycles. The average Bonchev–Trinajstić information content (AvgIpc) is 2.72. The van der Waals surface area contributed by atoms with Gasteiger partial charge in [-0.05, 0) is 47.9 Å². The highest BCUT2D eigenvalue weighted by atomic mass is 19.1. The number of anilines is 1. The Bertz CT molecular complexity index is 1000. The quantitative estimate of drug-likeness (QED) is 0.536. The Kier molecular flexibility index (Phi) is 7.27. The molecule has 1 N–H and O–H groups in total. The van der Waals surface area contributed by atoms with Gasteiger partial charge in [-0.1, -0.05) is 31.2 Å². The van der Waals surface area contributed by atoms with E-state index in [0.29, 0.717) is 30.2 Å². The smallest absolute Gasteiger partial charge is 0.225 e. The minimum atomic E-state index is -0.313. The Morgan fingerprint density at radius 3 is 2.20 bits per heavy atom. The second-order valence-electron chi connectivity index (χ2n) is 6.94. The van der Waals surface area contributed by atoms with E-state index in [2.05, 4.69) is 10.3 Å². The molecule has 3 rings (SSSR count). The first-order valence-corrected chi connectivity index (χ1v) is 9.80. The SMILES string of the molecule is CCCC(=O)Nc1cc(Oc2ccc(CC(=O)Cc3ccc(F)cc3)cc2)ccn1. The average molecular weight is 406 g/mol. The van der Waals surface area contributed by atoms with Crippen LogP contribution in [0.2, 0.25) is 0 Å². The molecule has 1 heterocycles. The van der Waals surface area contributed by atoms with Gasteiger partial charge in [0.1, 0.15) is 28.9 Å². The van der Waals surface area contributed by atoms with Crippen molar-refractivity contribution in [3.63, 3.8) is 0 Å². The molecule has 30 heavy (non-hydrogen) atoms. The maximum absolute atomic E-state index is 13.0. The van der Waals surface area contributed by atoms with Crippen molar-refractivity contribution < 1.29 is 18.7 Å². The molecule has 1 amide bonds. The van der Waals surface area contributed by atoms with Crippen LogP contribution in [0, 0.1) is 5.82 Å². The van der Waals surface area contributed by atoms with Gasteiger partial charge in [-0.15, -0.1) is 0 Å². The molecule has 154 valence electrons. The van der Waals surface area contributed by atoms with Crippen molar-refractivity contribution in [2.24, 2.45) is 0 Å². The van der Waals surface area contributed by atoms with Crippen LogP contribution in [0.4, 0.5) is 10.2 Å². The standard InChI is InChI=1S/C24H23FN2O3/c1-2-3-24(29)27-23-16-22(12-13-26-23)30-21-10-6-18(7-11-21)15-20(28)14-17-4-8-19(25)9-5-17/h4-13,16H,2-3,14-15H2,1H3,(H,26,27,29). The van der Waals surface area contributed by atoms with Crippen molar-refractivity contribution >= 4 is 17.5 Å². The van der Waals surface area contributed by atoms with Crippen LogP contribution in [0.5, 0.6) is 11.5 Å². The van der Waals surface area contributed by atoms with E-state index in [9.17, 15) is 14.0 Å². The van der Waals surface area contributed by atoms with E-state index in [1.165, 1.54) is 12.1 Å². The maximum Gasteiger partial charge on any atom is 0.225 e. The highest BCUT2D eigenvalue weighted by molar-refractivity contribution is 5.89. The summed E-state index contributed by atoms with van der Waals surface area (Å²) in [7, 11) is 0. The number of Topliss-reactive ketones (excluding diaryl/α,β-unsaturated/α-hetero) is 1. The van der Waals surface area contributed by atoms with Gasteiger partial charge in [0, 0.05) is 31.5 Å². The van der Waals surface area contributed by atoms with Gasteiger partial charge in [-0.3, -0.25) is 9.59 Å². The molecule has 0 atom stereocenters. The molecule has 0 aliphatic rings. The molecule has 0 saturated carbocycles. The molecular formula is C24H23FN2O3. The Hall–Kier alpha value is -3.54. The number of amides is 1. The minimum Gasteiger partial charge on any atom is -0.457 e. The summed E-state index contributed by atoms with van der Waals surface area (Å²) in [4.78, 5) is 28.1. The van der Waals surface area contributed by atoms with Crippen molar-refractivity contribution in [3.8, 4) is 11.5 Å². The van der Waals surface area contributed by atoms with E-state index >= 15 is 0 Å². The molecule has 6 heteroatoms. The fourth-order valence-electron chi connectivity index (χ4n) is 2.91. The predicted octanol–water partition coefficient (Wildman–Crippen LogP) is 5.11. The zero-order valence-corrected chi connectivity index (χ0v) is 16.7. The Morgan fingerprint density at radius 1 is 0.933 bits per heavy atom. The number of ether oxygens (including phenoxy) is 1. The van der Waals surface area contributed by atoms with Gasteiger partial charge >= 0.3 is 0 Å². The first kappa shape index (κ1) is 21.2. The number of pyridine rings is 1. The lowest BCUT2D eigenvalue weighted by Crippen LogP contribution is -2.11. The molecule has 3 aromatic rings. The Labute approximate surface area is 174 Å². The largest absolute Gasteiger partial charge is 0.457 e. The van der Waals surface area contributed by atoms with Crippen LogP contribution in [0.15, 0.2) is 66.9 Å². The molecule has 0 bridgehead atoms. The van der Waals surface area contributed by atoms with Gasteiger partial charge < -0.3 is 10.1 Å². The van der Waals surface area contributed by atoms with Crippen molar-refractivity contribution in [1.29, 1.82) is 0 Å². The number of hydrogen-bond donors (Lipinski definition) is 1. The molecule has 5 nitrogen and oxygen atoms in total. The molecule has 1 aromatic heterocycles. The number of nitrogens with zero attached hydrogens (tertiary/aromatic N) is 1. The van der Waals surface area contributed by atoms with Crippen molar-refractivity contribution in [3.05, 3.63) is 83.8 Å². The lowest BCUT2D eigenvalue weighted by molar-refractivity contribution is -0.118. The van der Waals surface area contributed by atoms with Crippen LogP contribution in [-0.2, 0) is 22.4 Å². The first-order chi connectivity index (χ1) is 14.5. The summed E-state index contributed by atoms with van der Waals surface area (Å²) in [6.45, 7) is 1.94. The summed E-state index contributed by atoms with van der Waals surface area (Å²) in [5.41, 5.74) is 1.66. The van der Waals surface area contributed by atoms with Crippen LogP contribution >= 0.6 is 0 Å². The van der Waals surface area contributed by atoms with Gasteiger partial charge in [0.15, 0.2) is 0 Å². The number of carbonyl (C=O) groups is 2. The fourth-order valence-corrected chi connectivity index (χ4v) is 2.91. The molecule has 0 aliphatic carbocycles. The van der Waals surface area contributed by atoms with Gasteiger partial charge in [-0.25, -0.2) is 9.37 Å². The third-order valence-electron chi connectivity index (χ3n) is 4.35. The number of carbonyl (C=O) groups excluding carboxylic acids is 2. The summed E-state index contributed by atoms with van der Waals surface area (Å²) in [6, 6.07) is 16.6. The van der Waals surface area contributed by atoms with Crippen molar-refractivity contribution in [2.45, 2.75) is 32.6 Å². The Morgan fingerprint density at radius 2 is 1.57 bits per heavy atom. The van der Waals surface area contributed by atoms with Gasteiger partial charge in [0.05, 0.1) is 0 Å². The number of nitrogens with one attached hydrogen (secondary N) is 1. The van der Waals surface area contributed by atoms with E-state index < -0.39 is 0 Å². The zero-order chi connectivity index (χ0) is 21.3. The summed E-state index contributed by atoms with van der Waals surface area (Å²) >= 11 is 0. The number of halogens is 1. The number of benzene rings is 2. The molecule has 0 spiro atoms. The topological polar surface area (TPSA) is 68.3 Å². The molecule has 0 fully saturated rings. The first-order valence-electron chi connectivity index (χ1n) is 9.80. The monoisotopic (exact) mass is 406 g/mol. The summed E-state index contributed by atoms with van der Waals surface area (Å²) in [5.74, 6) is 1.26. The molecular weight excluding hydrogens is 383 g/mol. The maximum atomic E-state index is 13.0. The highest BCUT2D eigenvalue weighted by Crippen LogP contribution is 2.23. The lowest BCUT2D eigenvalue weighted by Gasteiger charge is -2.09. The number of rotatable bonds is 9. The molecule has 0 unspecified atom stereocenters. The normalized spacial score (nSPS) is 10.5. The van der Waals surface area contributed by atoms with Gasteiger partial charge in [0.25, 0.3) is 0 Å². The second-order valence-corrected chi connectivity index (χ2v) is 6.94. The van der Waals surface area contributed by atoms with Crippen LogP contribution in [0.1, 0.15) is 30.9 Å². The van der Waals surface area contributed by atoms with E-state index in [-0.39, 0.29) is 23.9 Å². The molecule has 0 aliphatic heterocycles. The summed E-state index contributed by atoms with van der Waals surface area (Å²) in [6.07, 6.45) is 3.33. The van der Waals surface area contributed by atoms with E-state index in [1.54, 1.807) is 42.6 Å². The van der Waals surface area contributed by atoms with Crippen LogP contribution < -0.4 is 10.1 Å². The van der Waals surface area contributed by atoms with Crippen molar-refractivity contribution in [2.75, 3.05) is 5.32 Å². The summed E-state index contributed by atoms with van der Waals surface area (Å²) < 4.78 is 18.8. The van der Waals surface area contributed by atoms with Crippen LogP contribution in [0.3, 0.4) is 0 Å². The summed E-state index contributed by atoms with van der Waals surface area (Å²) in [5, 5.41) is 2.73. The minimum absolute atomic E-state index is 0.0527. The van der Waals surface area contributed by atoms with Crippen molar-refractivity contribution in [1.82, 2.24) is 4.98 Å². The predicted molar refractivity (Wildman–Crippen MR) is 113 cm³/mol. The fraction of sp³-hybridized carbons (Fsp3) is 0.208. The molecule has 0 radical (unpaired) electrons. The number of aromatic nitrogens is 1. The van der Waals surface area contributed by atoms with Gasteiger partial charge in [0.2, 0.25) is 5.91 Å². The molecule has 0 saturated heterocycles. The second kappa shape index (κ2) is 10.3. The number of hydrogen-bond acceptors (Lipinski definition) is 4. The lowest BCUT2D eigenvalue weighted by atomic mass is 10.0. The van der Waals surface area contributed by atoms with E-state index in [4.69, 9.17) is 4.74 Å². The van der Waals surface area contributed by atoms with E-state index in [0.717, 1.165) is 17.5 Å².